The van der Waals surface area contributed by atoms with Crippen molar-refractivity contribution in [3.05, 3.63) is 22.8 Å². The zero-order valence-corrected chi connectivity index (χ0v) is 10.4. The van der Waals surface area contributed by atoms with E-state index in [1.54, 1.807) is 6.92 Å². The molecule has 1 aliphatic heterocycles. The van der Waals surface area contributed by atoms with E-state index in [4.69, 9.17) is 0 Å². The second kappa shape index (κ2) is 3.78. The van der Waals surface area contributed by atoms with E-state index in [9.17, 15) is 8.42 Å². The topological polar surface area (TPSA) is 72.0 Å². The quantitative estimate of drug-likeness (QED) is 0.816. The van der Waals surface area contributed by atoms with Crippen LogP contribution in [0.3, 0.4) is 0 Å². The number of hydrogen-bond donors (Lipinski definition) is 1. The molecule has 88 valence electrons. The maximum absolute atomic E-state index is 11.4. The Morgan fingerprint density at radius 1 is 1.31 bits per heavy atom. The fraction of sp³-hybridized carbons (Fsp3) is 0.600. The van der Waals surface area contributed by atoms with Gasteiger partial charge in [-0.3, -0.25) is 0 Å². The summed E-state index contributed by atoms with van der Waals surface area (Å²) >= 11 is 0. The van der Waals surface area contributed by atoms with Crippen LogP contribution in [0.15, 0.2) is 0 Å². The van der Waals surface area contributed by atoms with Crippen molar-refractivity contribution in [2.45, 2.75) is 32.2 Å². The maximum Gasteiger partial charge on any atom is 0.157 e. The molecule has 0 amide bonds. The predicted octanol–water partition coefficient (Wildman–Crippen LogP) is 0.494. The second-order valence-electron chi connectivity index (χ2n) is 4.17. The van der Waals surface area contributed by atoms with Gasteiger partial charge in [-0.2, -0.15) is 0 Å². The lowest BCUT2D eigenvalue weighted by molar-refractivity contribution is 0.588. The first-order valence-corrected chi connectivity index (χ1v) is 7.11. The third kappa shape index (κ3) is 1.94. The molecule has 0 radical (unpaired) electrons. The number of aryl methyl sites for hydroxylation is 1. The molecular formula is C10H15N3O2S. The van der Waals surface area contributed by atoms with Crippen molar-refractivity contribution in [1.82, 2.24) is 15.3 Å². The molecule has 1 aromatic heterocycles. The molecule has 1 atom stereocenters. The zero-order chi connectivity index (χ0) is 11.9. The fourth-order valence-corrected chi connectivity index (χ4v) is 2.22. The van der Waals surface area contributed by atoms with Gasteiger partial charge in [0.15, 0.2) is 9.84 Å². The first kappa shape index (κ1) is 11.5. The van der Waals surface area contributed by atoms with Crippen molar-refractivity contribution < 1.29 is 8.42 Å². The molecule has 6 heteroatoms. The van der Waals surface area contributed by atoms with Crippen LogP contribution in [-0.4, -0.2) is 24.6 Å². The Kier molecular flexibility index (Phi) is 2.71. The van der Waals surface area contributed by atoms with Crippen LogP contribution in [0, 0.1) is 6.92 Å². The summed E-state index contributed by atoms with van der Waals surface area (Å²) in [5.41, 5.74) is 2.91. The second-order valence-corrected chi connectivity index (χ2v) is 6.53. The summed E-state index contributed by atoms with van der Waals surface area (Å²) in [6, 6.07) is 0. The number of nitrogens with zero attached hydrogens (tertiary/aromatic N) is 2. The number of sulfone groups is 1. The van der Waals surface area contributed by atoms with E-state index in [1.165, 1.54) is 6.26 Å². The first-order chi connectivity index (χ1) is 7.39. The molecule has 0 saturated carbocycles. The summed E-state index contributed by atoms with van der Waals surface area (Å²) in [7, 11) is -3.14. The molecule has 0 aromatic carbocycles. The minimum atomic E-state index is -3.14. The van der Waals surface area contributed by atoms with Crippen LogP contribution in [0.25, 0.3) is 0 Å². The van der Waals surface area contributed by atoms with Crippen LogP contribution in [0.1, 0.15) is 34.9 Å². The summed E-state index contributed by atoms with van der Waals surface area (Å²) in [5, 5.41) is 2.54. The normalized spacial score (nSPS) is 17.2. The first-order valence-electron chi connectivity index (χ1n) is 5.15. The van der Waals surface area contributed by atoms with Gasteiger partial charge >= 0.3 is 0 Å². The van der Waals surface area contributed by atoms with Gasteiger partial charge < -0.3 is 5.32 Å². The number of nitrogens with one attached hydrogen (secondary N) is 1. The van der Waals surface area contributed by atoms with Crippen LogP contribution in [0.4, 0.5) is 0 Å². The van der Waals surface area contributed by atoms with Crippen molar-refractivity contribution in [2.75, 3.05) is 6.26 Å². The Hall–Kier alpha value is -1.01. The minimum absolute atomic E-state index is 0.405. The molecule has 5 nitrogen and oxygen atoms in total. The number of rotatable bonds is 2. The van der Waals surface area contributed by atoms with E-state index in [0.29, 0.717) is 12.4 Å². The van der Waals surface area contributed by atoms with Crippen molar-refractivity contribution in [3.63, 3.8) is 0 Å². The van der Waals surface area contributed by atoms with Gasteiger partial charge in [-0.15, -0.1) is 0 Å². The zero-order valence-electron chi connectivity index (χ0n) is 9.61. The Morgan fingerprint density at radius 3 is 2.62 bits per heavy atom. The molecule has 0 saturated heterocycles. The average Bonchev–Trinajstić information content (AvgIpc) is 2.63. The molecule has 2 heterocycles. The lowest BCUT2D eigenvalue weighted by Crippen LogP contribution is -2.13. The third-order valence-electron chi connectivity index (χ3n) is 2.92. The summed E-state index contributed by atoms with van der Waals surface area (Å²) < 4.78 is 22.9. The largest absolute Gasteiger partial charge is 0.307 e. The highest BCUT2D eigenvalue weighted by molar-refractivity contribution is 7.90. The molecule has 1 aliphatic rings. The minimum Gasteiger partial charge on any atom is -0.307 e. The number of aromatic nitrogens is 2. The summed E-state index contributed by atoms with van der Waals surface area (Å²) in [5.74, 6) is 0.405. The molecule has 1 unspecified atom stereocenters. The van der Waals surface area contributed by atoms with Crippen LogP contribution in [0.5, 0.6) is 0 Å². The highest BCUT2D eigenvalue weighted by Crippen LogP contribution is 2.22. The average molecular weight is 241 g/mol. The van der Waals surface area contributed by atoms with E-state index in [-0.39, 0.29) is 0 Å². The van der Waals surface area contributed by atoms with Gasteiger partial charge in [0.1, 0.15) is 11.1 Å². The van der Waals surface area contributed by atoms with E-state index in [1.807, 2.05) is 6.92 Å². The van der Waals surface area contributed by atoms with Crippen LogP contribution >= 0.6 is 0 Å². The fourth-order valence-electron chi connectivity index (χ4n) is 1.73. The Labute approximate surface area is 95.2 Å². The number of hydrogen-bond acceptors (Lipinski definition) is 5. The van der Waals surface area contributed by atoms with Gasteiger partial charge in [-0.1, -0.05) is 0 Å². The van der Waals surface area contributed by atoms with E-state index < -0.39 is 15.1 Å². The summed E-state index contributed by atoms with van der Waals surface area (Å²) in [6.45, 7) is 4.99. The highest BCUT2D eigenvalue weighted by atomic mass is 32.2. The van der Waals surface area contributed by atoms with Gasteiger partial charge in [0, 0.05) is 30.6 Å². The lowest BCUT2D eigenvalue weighted by atomic mass is 10.2. The summed E-state index contributed by atoms with van der Waals surface area (Å²) in [6.07, 6.45) is 1.21. The van der Waals surface area contributed by atoms with Crippen LogP contribution in [0.2, 0.25) is 0 Å². The maximum atomic E-state index is 11.4. The van der Waals surface area contributed by atoms with E-state index >= 15 is 0 Å². The molecule has 0 fully saturated rings. The smallest absolute Gasteiger partial charge is 0.157 e. The van der Waals surface area contributed by atoms with Crippen molar-refractivity contribution in [3.8, 4) is 0 Å². The Balaban J connectivity index is 2.49. The summed E-state index contributed by atoms with van der Waals surface area (Å²) in [4.78, 5) is 8.61. The van der Waals surface area contributed by atoms with Crippen LogP contribution < -0.4 is 5.32 Å². The molecule has 0 spiro atoms. The monoisotopic (exact) mass is 241 g/mol. The molecule has 0 bridgehead atoms. The highest BCUT2D eigenvalue weighted by Gasteiger charge is 2.24. The standard InChI is InChI=1S/C10H15N3O2S/c1-6-8-4-11-5-9(8)13-10(12-6)7(2)16(3,14)15/h7,11H,4-5H2,1-3H3. The predicted molar refractivity (Wildman–Crippen MR) is 60.6 cm³/mol. The van der Waals surface area contributed by atoms with Crippen molar-refractivity contribution in [2.24, 2.45) is 0 Å². The van der Waals surface area contributed by atoms with Gasteiger partial charge in [-0.25, -0.2) is 18.4 Å². The van der Waals surface area contributed by atoms with E-state index in [0.717, 1.165) is 23.5 Å². The van der Waals surface area contributed by atoms with Gasteiger partial charge in [-0.05, 0) is 13.8 Å². The van der Waals surface area contributed by atoms with Crippen LogP contribution in [-0.2, 0) is 22.9 Å². The SMILES string of the molecule is Cc1nc(C(C)S(C)(=O)=O)nc2c1CNC2. The molecular weight excluding hydrogens is 226 g/mol. The van der Waals surface area contributed by atoms with Crippen molar-refractivity contribution >= 4 is 9.84 Å². The molecule has 2 rings (SSSR count). The van der Waals surface area contributed by atoms with Crippen molar-refractivity contribution in [1.29, 1.82) is 0 Å². The molecule has 0 aliphatic carbocycles. The van der Waals surface area contributed by atoms with Gasteiger partial charge in [0.25, 0.3) is 0 Å². The van der Waals surface area contributed by atoms with Gasteiger partial charge in [0.2, 0.25) is 0 Å². The molecule has 1 aromatic rings. The number of fused-ring (bicyclic) bond motifs is 1. The Morgan fingerprint density at radius 2 is 2.00 bits per heavy atom. The molecule has 16 heavy (non-hydrogen) atoms. The third-order valence-corrected chi connectivity index (χ3v) is 4.41. The molecule has 1 N–H and O–H groups in total. The lowest BCUT2D eigenvalue weighted by Gasteiger charge is -2.10. The van der Waals surface area contributed by atoms with E-state index in [2.05, 4.69) is 15.3 Å². The van der Waals surface area contributed by atoms with Gasteiger partial charge in [0.05, 0.1) is 5.69 Å². The Bertz CT molecular complexity index is 525.